The number of ether oxygens (including phenoxy) is 1. The van der Waals surface area contributed by atoms with Crippen LogP contribution in [0.3, 0.4) is 0 Å². The Kier molecular flexibility index (Phi) is 8.53. The largest absolute Gasteiger partial charge is 0.477 e. The van der Waals surface area contributed by atoms with Crippen molar-refractivity contribution in [3.63, 3.8) is 0 Å². The number of nitrogens with zero attached hydrogens (tertiary/aromatic N) is 3. The van der Waals surface area contributed by atoms with Gasteiger partial charge < -0.3 is 19.7 Å². The number of hydrogen-bond acceptors (Lipinski definition) is 5. The van der Waals surface area contributed by atoms with E-state index in [0.29, 0.717) is 40.9 Å². The Labute approximate surface area is 244 Å². The summed E-state index contributed by atoms with van der Waals surface area (Å²) in [4.78, 5) is 37.7. The maximum Gasteiger partial charge on any atom is 0.341 e. The number of pyridine rings is 1. The number of aryl methyl sites for hydroxylation is 1. The number of urea groups is 1. The average molecular weight is 570 g/mol. The van der Waals surface area contributed by atoms with E-state index in [9.17, 15) is 19.5 Å². The highest BCUT2D eigenvalue weighted by molar-refractivity contribution is 5.92. The molecule has 10 nitrogen and oxygen atoms in total. The van der Waals surface area contributed by atoms with Crippen LogP contribution >= 0.6 is 0 Å². The highest BCUT2D eigenvalue weighted by Crippen LogP contribution is 2.40. The van der Waals surface area contributed by atoms with E-state index in [1.165, 1.54) is 23.2 Å². The fraction of sp³-hybridized carbons (Fsp3) is 0.312. The van der Waals surface area contributed by atoms with Crippen molar-refractivity contribution in [3.05, 3.63) is 100.0 Å². The highest BCUT2D eigenvalue weighted by Gasteiger charge is 2.36. The number of anilines is 1. The number of amides is 2. The number of methoxy groups -OCH3 is 1. The normalized spacial score (nSPS) is 18.1. The molecule has 3 N–H and O–H groups in total. The first kappa shape index (κ1) is 28.8. The first-order chi connectivity index (χ1) is 20.3. The van der Waals surface area contributed by atoms with E-state index in [4.69, 9.17) is 9.84 Å². The number of hydrogen-bond donors (Lipinski definition) is 3. The summed E-state index contributed by atoms with van der Waals surface area (Å²) < 4.78 is 8.17. The molecule has 4 aromatic rings. The molecule has 2 amide bonds. The SMILES string of the molecule is COCCC1C[C@@H](NC(=O)Nc2c(C)c(-c3cc(C(=O)O)c(=O)n(C)c3)nn2-c2ccccc2)[C@H](c2ccccc2)C1. The number of nitrogens with one attached hydrogen (secondary N) is 2. The van der Waals surface area contributed by atoms with E-state index in [1.807, 2.05) is 55.5 Å². The van der Waals surface area contributed by atoms with Crippen LogP contribution in [0.15, 0.2) is 77.7 Å². The van der Waals surface area contributed by atoms with Crippen LogP contribution in [0.2, 0.25) is 0 Å². The molecule has 218 valence electrons. The number of benzene rings is 2. The molecule has 2 aromatic heterocycles. The Morgan fingerprint density at radius 1 is 1.07 bits per heavy atom. The quantitative estimate of drug-likeness (QED) is 0.261. The van der Waals surface area contributed by atoms with Crippen molar-refractivity contribution < 1.29 is 19.4 Å². The Morgan fingerprint density at radius 3 is 2.43 bits per heavy atom. The van der Waals surface area contributed by atoms with Crippen LogP contribution in [0, 0.1) is 12.8 Å². The van der Waals surface area contributed by atoms with Crippen molar-refractivity contribution in [2.24, 2.45) is 13.0 Å². The van der Waals surface area contributed by atoms with Crippen molar-refractivity contribution in [3.8, 4) is 16.9 Å². The molecule has 0 radical (unpaired) electrons. The van der Waals surface area contributed by atoms with Crippen molar-refractivity contribution in [2.45, 2.75) is 38.1 Å². The molecule has 42 heavy (non-hydrogen) atoms. The van der Waals surface area contributed by atoms with Gasteiger partial charge in [-0.05, 0) is 55.9 Å². The van der Waals surface area contributed by atoms with E-state index < -0.39 is 11.5 Å². The maximum atomic E-state index is 13.6. The molecule has 1 fully saturated rings. The third-order valence-electron chi connectivity index (χ3n) is 7.98. The Hall–Kier alpha value is -4.70. The zero-order valence-corrected chi connectivity index (χ0v) is 23.9. The first-order valence-corrected chi connectivity index (χ1v) is 14.0. The van der Waals surface area contributed by atoms with E-state index >= 15 is 0 Å². The van der Waals surface area contributed by atoms with Gasteiger partial charge in [-0.3, -0.25) is 10.1 Å². The van der Waals surface area contributed by atoms with Crippen LogP contribution in [0.5, 0.6) is 0 Å². The van der Waals surface area contributed by atoms with Crippen LogP contribution in [-0.4, -0.2) is 51.2 Å². The predicted octanol–water partition coefficient (Wildman–Crippen LogP) is 4.97. The van der Waals surface area contributed by atoms with Crippen LogP contribution in [-0.2, 0) is 11.8 Å². The number of aromatic nitrogens is 3. The number of carboxylic acid groups (broad SMARTS) is 1. The van der Waals surface area contributed by atoms with Gasteiger partial charge >= 0.3 is 12.0 Å². The van der Waals surface area contributed by atoms with Gasteiger partial charge in [0.15, 0.2) is 0 Å². The molecule has 1 saturated carbocycles. The second-order valence-electron chi connectivity index (χ2n) is 10.8. The summed E-state index contributed by atoms with van der Waals surface area (Å²) in [5.74, 6) is -0.264. The van der Waals surface area contributed by atoms with Crippen LogP contribution in [0.1, 0.15) is 46.7 Å². The fourth-order valence-corrected chi connectivity index (χ4v) is 5.87. The lowest BCUT2D eigenvalue weighted by atomic mass is 9.93. The van der Waals surface area contributed by atoms with E-state index in [2.05, 4.69) is 22.8 Å². The summed E-state index contributed by atoms with van der Waals surface area (Å²) in [5, 5.41) is 20.6. The molecular weight excluding hydrogens is 534 g/mol. The topological polar surface area (TPSA) is 127 Å². The summed E-state index contributed by atoms with van der Waals surface area (Å²) in [6.45, 7) is 2.49. The molecular formula is C32H35N5O5. The number of carboxylic acids is 1. The minimum Gasteiger partial charge on any atom is -0.477 e. The minimum atomic E-state index is -1.32. The lowest BCUT2D eigenvalue weighted by Crippen LogP contribution is -2.40. The van der Waals surface area contributed by atoms with Crippen molar-refractivity contribution >= 4 is 17.8 Å². The number of rotatable bonds is 9. The number of aromatic carboxylic acids is 1. The summed E-state index contributed by atoms with van der Waals surface area (Å²) in [6.07, 6.45) is 4.28. The summed E-state index contributed by atoms with van der Waals surface area (Å²) in [7, 11) is 3.20. The molecule has 1 unspecified atom stereocenters. The minimum absolute atomic E-state index is 0.0658. The van der Waals surface area contributed by atoms with Gasteiger partial charge in [0.05, 0.1) is 11.4 Å². The third kappa shape index (κ3) is 5.99. The van der Waals surface area contributed by atoms with Gasteiger partial charge in [0, 0.05) is 50.0 Å². The monoisotopic (exact) mass is 569 g/mol. The molecule has 1 aliphatic rings. The predicted molar refractivity (Wildman–Crippen MR) is 160 cm³/mol. The van der Waals surface area contributed by atoms with Gasteiger partial charge in [-0.2, -0.15) is 5.10 Å². The second-order valence-corrected chi connectivity index (χ2v) is 10.8. The molecule has 0 bridgehead atoms. The summed E-state index contributed by atoms with van der Waals surface area (Å²) in [6, 6.07) is 20.5. The smallest absolute Gasteiger partial charge is 0.341 e. The zero-order chi connectivity index (χ0) is 29.8. The van der Waals surface area contributed by atoms with E-state index in [1.54, 1.807) is 18.0 Å². The van der Waals surface area contributed by atoms with Gasteiger partial charge in [0.1, 0.15) is 11.4 Å². The van der Waals surface area contributed by atoms with Crippen LogP contribution in [0.25, 0.3) is 16.9 Å². The van der Waals surface area contributed by atoms with Crippen molar-refractivity contribution in [1.29, 1.82) is 0 Å². The van der Waals surface area contributed by atoms with E-state index in [-0.39, 0.29) is 23.6 Å². The molecule has 0 saturated heterocycles. The first-order valence-electron chi connectivity index (χ1n) is 14.0. The number of para-hydroxylation sites is 1. The maximum absolute atomic E-state index is 13.6. The highest BCUT2D eigenvalue weighted by atomic mass is 16.5. The lowest BCUT2D eigenvalue weighted by Gasteiger charge is -2.22. The summed E-state index contributed by atoms with van der Waals surface area (Å²) in [5.41, 5.74) is 2.48. The number of carbonyl (C=O) groups is 2. The van der Waals surface area contributed by atoms with Crippen LogP contribution < -0.4 is 16.2 Å². The zero-order valence-electron chi connectivity index (χ0n) is 23.9. The third-order valence-corrected chi connectivity index (χ3v) is 7.98. The van der Waals surface area contributed by atoms with Gasteiger partial charge in [-0.1, -0.05) is 48.5 Å². The molecule has 2 heterocycles. The van der Waals surface area contributed by atoms with Gasteiger partial charge in [0.2, 0.25) is 0 Å². The van der Waals surface area contributed by atoms with Crippen LogP contribution in [0.4, 0.5) is 10.6 Å². The van der Waals surface area contributed by atoms with Gasteiger partial charge in [-0.25, -0.2) is 14.3 Å². The molecule has 3 atom stereocenters. The fourth-order valence-electron chi connectivity index (χ4n) is 5.87. The molecule has 1 aliphatic carbocycles. The standard InChI is InChI=1S/C32H35N5O5/c1-20-28(23-18-26(31(39)40)30(38)36(2)19-23)35-37(24-12-8-5-9-13-24)29(20)34-32(41)33-27-17-21(14-15-42-3)16-25(27)22-10-6-4-7-11-22/h4-13,18-19,21,25,27H,14-17H2,1-3H3,(H,39,40)(H2,33,34,41)/t21?,25-,27+/m0/s1. The molecule has 10 heteroatoms. The molecule has 5 rings (SSSR count). The lowest BCUT2D eigenvalue weighted by molar-refractivity contribution is 0.0694. The molecule has 2 aromatic carbocycles. The Balaban J connectivity index is 1.47. The second kappa shape index (κ2) is 12.4. The number of carbonyl (C=O) groups excluding carboxylic acids is 1. The van der Waals surface area contributed by atoms with E-state index in [0.717, 1.165) is 19.3 Å². The molecule has 0 aliphatic heterocycles. The summed E-state index contributed by atoms with van der Waals surface area (Å²) >= 11 is 0. The van der Waals surface area contributed by atoms with Crippen molar-refractivity contribution in [2.75, 3.05) is 19.0 Å². The van der Waals surface area contributed by atoms with Gasteiger partial charge in [-0.15, -0.1) is 0 Å². The Morgan fingerprint density at radius 2 is 1.76 bits per heavy atom. The Bertz CT molecular complexity index is 1630. The average Bonchev–Trinajstić information content (AvgIpc) is 3.54. The van der Waals surface area contributed by atoms with Gasteiger partial charge in [0.25, 0.3) is 5.56 Å². The molecule has 0 spiro atoms. The van der Waals surface area contributed by atoms with Crippen molar-refractivity contribution in [1.82, 2.24) is 19.7 Å².